The molecule has 1 atom stereocenters. The molecule has 0 aromatic heterocycles. The third-order valence-corrected chi connectivity index (χ3v) is 4.69. The van der Waals surface area contributed by atoms with Crippen LogP contribution in [0.15, 0.2) is 36.0 Å². The van der Waals surface area contributed by atoms with E-state index < -0.39 is 0 Å². The van der Waals surface area contributed by atoms with E-state index in [2.05, 4.69) is 46.4 Å². The number of thiol groups is 1. The quantitative estimate of drug-likeness (QED) is 0.342. The maximum Gasteiger partial charge on any atom is 0.0306 e. The van der Waals surface area contributed by atoms with Crippen LogP contribution >= 0.6 is 12.6 Å². The largest absolute Gasteiger partial charge is 0.168 e. The molecule has 110 valence electrons. The zero-order valence-corrected chi connectivity index (χ0v) is 14.2. The molecule has 0 nitrogen and oxygen atoms in total. The minimum Gasteiger partial charge on any atom is -0.168 e. The van der Waals surface area contributed by atoms with Gasteiger partial charge in [-0.2, -0.15) is 12.6 Å². The van der Waals surface area contributed by atoms with Crippen molar-refractivity contribution in [3.63, 3.8) is 0 Å². The average molecular weight is 281 g/mol. The highest BCUT2D eigenvalue weighted by Crippen LogP contribution is 2.27. The van der Waals surface area contributed by atoms with Gasteiger partial charge in [0, 0.05) is 4.75 Å². The van der Waals surface area contributed by atoms with E-state index in [1.807, 2.05) is 6.08 Å². The van der Waals surface area contributed by atoms with Crippen LogP contribution in [0.1, 0.15) is 72.6 Å². The summed E-state index contributed by atoms with van der Waals surface area (Å²) in [6.45, 7) is 12.8. The molecule has 0 aliphatic rings. The molecule has 0 aliphatic heterocycles. The van der Waals surface area contributed by atoms with Gasteiger partial charge in [-0.1, -0.05) is 50.1 Å². The van der Waals surface area contributed by atoms with Gasteiger partial charge >= 0.3 is 0 Å². The molecule has 0 N–H and O–H groups in total. The van der Waals surface area contributed by atoms with Crippen LogP contribution in [0.5, 0.6) is 0 Å². The van der Waals surface area contributed by atoms with Crippen LogP contribution in [0, 0.1) is 0 Å². The molecular weight excluding hydrogens is 248 g/mol. The SMILES string of the molecule is C=CC(S)(CC)CCC=C(CC)CCC=C(C)CC. The number of rotatable bonds is 10. The van der Waals surface area contributed by atoms with Gasteiger partial charge in [-0.25, -0.2) is 0 Å². The molecule has 0 aromatic carbocycles. The molecule has 0 saturated carbocycles. The summed E-state index contributed by atoms with van der Waals surface area (Å²) in [4.78, 5) is 0. The summed E-state index contributed by atoms with van der Waals surface area (Å²) in [7, 11) is 0. The Balaban J connectivity index is 4.23. The summed E-state index contributed by atoms with van der Waals surface area (Å²) in [5, 5.41) is 0. The first-order valence-corrected chi connectivity index (χ1v) is 8.15. The van der Waals surface area contributed by atoms with Gasteiger partial charge in [0.05, 0.1) is 0 Å². The van der Waals surface area contributed by atoms with Gasteiger partial charge in [-0.3, -0.25) is 0 Å². The van der Waals surface area contributed by atoms with Crippen LogP contribution in [-0.2, 0) is 0 Å². The molecule has 19 heavy (non-hydrogen) atoms. The van der Waals surface area contributed by atoms with Gasteiger partial charge in [-0.15, -0.1) is 6.58 Å². The Morgan fingerprint density at radius 2 is 1.79 bits per heavy atom. The molecule has 0 heterocycles. The summed E-state index contributed by atoms with van der Waals surface area (Å²) in [6.07, 6.45) is 14.8. The summed E-state index contributed by atoms with van der Waals surface area (Å²) >= 11 is 4.70. The van der Waals surface area contributed by atoms with Crippen molar-refractivity contribution in [2.75, 3.05) is 0 Å². The molecule has 0 aliphatic carbocycles. The zero-order valence-electron chi connectivity index (χ0n) is 13.3. The second-order valence-electron chi connectivity index (χ2n) is 5.36. The van der Waals surface area contributed by atoms with Gasteiger partial charge < -0.3 is 0 Å². The lowest BCUT2D eigenvalue weighted by Crippen LogP contribution is -2.15. The van der Waals surface area contributed by atoms with Crippen molar-refractivity contribution in [1.29, 1.82) is 0 Å². The molecule has 0 bridgehead atoms. The molecule has 1 heteroatoms. The fourth-order valence-corrected chi connectivity index (χ4v) is 2.15. The fourth-order valence-electron chi connectivity index (χ4n) is 2.02. The normalized spacial score (nSPS) is 16.3. The second kappa shape index (κ2) is 10.4. The summed E-state index contributed by atoms with van der Waals surface area (Å²) < 4.78 is 0.00799. The molecule has 0 radical (unpaired) electrons. The molecule has 0 spiro atoms. The van der Waals surface area contributed by atoms with Crippen LogP contribution in [0.4, 0.5) is 0 Å². The van der Waals surface area contributed by atoms with Crippen molar-refractivity contribution in [3.05, 3.63) is 36.0 Å². The zero-order chi connectivity index (χ0) is 14.7. The van der Waals surface area contributed by atoms with Crippen molar-refractivity contribution in [2.24, 2.45) is 0 Å². The molecule has 0 rings (SSSR count). The lowest BCUT2D eigenvalue weighted by molar-refractivity contribution is 0.632. The first kappa shape index (κ1) is 18.6. The lowest BCUT2D eigenvalue weighted by atomic mass is 9.97. The van der Waals surface area contributed by atoms with Gasteiger partial charge in [0.2, 0.25) is 0 Å². The number of hydrogen-bond donors (Lipinski definition) is 1. The lowest BCUT2D eigenvalue weighted by Gasteiger charge is -2.21. The van der Waals surface area contributed by atoms with E-state index in [1.54, 1.807) is 5.57 Å². The summed E-state index contributed by atoms with van der Waals surface area (Å²) in [6, 6.07) is 0. The van der Waals surface area contributed by atoms with Crippen LogP contribution in [0.2, 0.25) is 0 Å². The monoisotopic (exact) mass is 280 g/mol. The number of hydrogen-bond acceptors (Lipinski definition) is 1. The topological polar surface area (TPSA) is 0 Å². The van der Waals surface area contributed by atoms with E-state index in [4.69, 9.17) is 12.6 Å². The number of allylic oxidation sites excluding steroid dienone is 4. The highest BCUT2D eigenvalue weighted by molar-refractivity contribution is 7.82. The molecule has 0 amide bonds. The minimum atomic E-state index is 0.00799. The maximum absolute atomic E-state index is 4.70. The third kappa shape index (κ3) is 8.36. The van der Waals surface area contributed by atoms with Crippen LogP contribution in [-0.4, -0.2) is 4.75 Å². The van der Waals surface area contributed by atoms with Crippen molar-refractivity contribution >= 4 is 12.6 Å². The van der Waals surface area contributed by atoms with Crippen molar-refractivity contribution < 1.29 is 0 Å². The van der Waals surface area contributed by atoms with Crippen LogP contribution < -0.4 is 0 Å². The van der Waals surface area contributed by atoms with E-state index in [0.29, 0.717) is 0 Å². The van der Waals surface area contributed by atoms with Crippen molar-refractivity contribution in [2.45, 2.75) is 77.4 Å². The Morgan fingerprint density at radius 1 is 1.11 bits per heavy atom. The second-order valence-corrected chi connectivity index (χ2v) is 6.25. The highest BCUT2D eigenvalue weighted by Gasteiger charge is 2.17. The van der Waals surface area contributed by atoms with E-state index in [1.165, 1.54) is 31.3 Å². The van der Waals surface area contributed by atoms with E-state index in [0.717, 1.165) is 19.3 Å². The first-order valence-electron chi connectivity index (χ1n) is 7.70. The van der Waals surface area contributed by atoms with Crippen molar-refractivity contribution in [3.8, 4) is 0 Å². The van der Waals surface area contributed by atoms with Gasteiger partial charge in [0.15, 0.2) is 0 Å². The molecule has 0 aromatic rings. The van der Waals surface area contributed by atoms with E-state index in [9.17, 15) is 0 Å². The molecular formula is C18H32S. The van der Waals surface area contributed by atoms with Gasteiger partial charge in [0.1, 0.15) is 0 Å². The van der Waals surface area contributed by atoms with Crippen LogP contribution in [0.25, 0.3) is 0 Å². The van der Waals surface area contributed by atoms with Gasteiger partial charge in [0.25, 0.3) is 0 Å². The third-order valence-electron chi connectivity index (χ3n) is 3.97. The molecule has 0 saturated heterocycles. The molecule has 1 unspecified atom stereocenters. The highest BCUT2D eigenvalue weighted by atomic mass is 32.1. The Morgan fingerprint density at radius 3 is 2.26 bits per heavy atom. The Kier molecular flexibility index (Phi) is 10.1. The fraction of sp³-hybridized carbons (Fsp3) is 0.667. The Hall–Kier alpha value is -0.430. The van der Waals surface area contributed by atoms with E-state index >= 15 is 0 Å². The van der Waals surface area contributed by atoms with Crippen molar-refractivity contribution in [1.82, 2.24) is 0 Å². The Bertz CT molecular complexity index is 312. The minimum absolute atomic E-state index is 0.00799. The standard InChI is InChI=1S/C18H32S/c1-6-16(5)12-10-13-17(7-2)14-11-15-18(19,8-3)9-4/h8,12,14,19H,3,6-7,9-11,13,15H2,1-2,4-5H3. The predicted molar refractivity (Wildman–Crippen MR) is 93.1 cm³/mol. The predicted octanol–water partition coefficient (Wildman–Crippen LogP) is 6.50. The summed E-state index contributed by atoms with van der Waals surface area (Å²) in [5.74, 6) is 0. The van der Waals surface area contributed by atoms with Crippen LogP contribution in [0.3, 0.4) is 0 Å². The molecule has 0 fully saturated rings. The maximum atomic E-state index is 4.70. The van der Waals surface area contributed by atoms with E-state index in [-0.39, 0.29) is 4.75 Å². The smallest absolute Gasteiger partial charge is 0.0306 e. The summed E-state index contributed by atoms with van der Waals surface area (Å²) in [5.41, 5.74) is 3.08. The first-order chi connectivity index (χ1) is 9.01. The Labute approximate surface area is 126 Å². The van der Waals surface area contributed by atoms with Gasteiger partial charge in [-0.05, 0) is 51.9 Å². The average Bonchev–Trinajstić information content (AvgIpc) is 2.44.